The number of carbonyl (C=O) groups is 2. The molecule has 0 aliphatic carbocycles. The number of carbonyl (C=O) groups excluding carboxylic acids is 2. The van der Waals surface area contributed by atoms with E-state index < -0.39 is 0 Å². The standard InChI is InChI=1S/C25H32N2O3S/c1-4-26(5-2)22(28)16-19-17-25(30-21-9-7-6-8-20(19)21)11-13-27(14-12-25)24(29)23-18(3)10-15-31-23/h6-10,15,19H,4-5,11-14,16-17H2,1-3H3/t19-/m1/s1. The predicted octanol–water partition coefficient (Wildman–Crippen LogP) is 4.86. The Labute approximate surface area is 189 Å². The lowest BCUT2D eigenvalue weighted by molar-refractivity contribution is -0.131. The fourth-order valence-corrected chi connectivity index (χ4v) is 5.89. The largest absolute Gasteiger partial charge is 0.487 e. The maximum absolute atomic E-state index is 12.9. The second-order valence-electron chi connectivity index (χ2n) is 8.72. The van der Waals surface area contributed by atoms with E-state index in [1.807, 2.05) is 60.2 Å². The van der Waals surface area contributed by atoms with Gasteiger partial charge in [0.15, 0.2) is 0 Å². The first-order valence-corrected chi connectivity index (χ1v) is 12.2. The van der Waals surface area contributed by atoms with Crippen molar-refractivity contribution in [2.75, 3.05) is 26.2 Å². The van der Waals surface area contributed by atoms with Crippen LogP contribution in [0.4, 0.5) is 0 Å². The lowest BCUT2D eigenvalue weighted by Gasteiger charge is -2.47. The first-order valence-electron chi connectivity index (χ1n) is 11.4. The minimum atomic E-state index is -0.302. The lowest BCUT2D eigenvalue weighted by atomic mass is 9.76. The van der Waals surface area contributed by atoms with Crippen LogP contribution in [0.5, 0.6) is 5.75 Å². The van der Waals surface area contributed by atoms with E-state index in [1.165, 1.54) is 11.3 Å². The second kappa shape index (κ2) is 9.03. The molecule has 1 aromatic heterocycles. The zero-order valence-electron chi connectivity index (χ0n) is 18.7. The van der Waals surface area contributed by atoms with Gasteiger partial charge in [0.2, 0.25) is 5.91 Å². The van der Waals surface area contributed by atoms with E-state index in [4.69, 9.17) is 4.74 Å². The van der Waals surface area contributed by atoms with E-state index in [0.29, 0.717) is 19.5 Å². The molecule has 2 aliphatic heterocycles. The van der Waals surface area contributed by atoms with Crippen LogP contribution in [-0.2, 0) is 4.79 Å². The second-order valence-corrected chi connectivity index (χ2v) is 9.64. The van der Waals surface area contributed by atoms with Gasteiger partial charge in [0.05, 0.1) is 4.88 Å². The Bertz CT molecular complexity index is 942. The summed E-state index contributed by atoms with van der Waals surface area (Å²) < 4.78 is 6.57. The summed E-state index contributed by atoms with van der Waals surface area (Å²) in [5.74, 6) is 1.40. The molecule has 0 bridgehead atoms. The Morgan fingerprint density at radius 2 is 1.87 bits per heavy atom. The number of rotatable bonds is 5. The molecule has 6 heteroatoms. The van der Waals surface area contributed by atoms with Crippen LogP contribution < -0.4 is 4.74 Å². The van der Waals surface area contributed by atoms with Crippen LogP contribution in [0.1, 0.15) is 66.2 Å². The minimum absolute atomic E-state index is 0.131. The highest BCUT2D eigenvalue weighted by molar-refractivity contribution is 7.12. The normalized spacial score (nSPS) is 19.6. The van der Waals surface area contributed by atoms with Gasteiger partial charge in [0, 0.05) is 51.4 Å². The highest BCUT2D eigenvalue weighted by atomic mass is 32.1. The number of para-hydroxylation sites is 1. The van der Waals surface area contributed by atoms with Crippen LogP contribution in [0, 0.1) is 6.92 Å². The molecule has 3 heterocycles. The maximum atomic E-state index is 12.9. The molecule has 0 radical (unpaired) electrons. The number of piperidine rings is 1. The fourth-order valence-electron chi connectivity index (χ4n) is 5.00. The molecule has 4 rings (SSSR count). The number of aryl methyl sites for hydroxylation is 1. The molecule has 1 saturated heterocycles. The van der Waals surface area contributed by atoms with Gasteiger partial charge in [-0.3, -0.25) is 9.59 Å². The molecule has 2 aromatic rings. The number of amides is 2. The van der Waals surface area contributed by atoms with Crippen molar-refractivity contribution in [3.63, 3.8) is 0 Å². The van der Waals surface area contributed by atoms with Crippen LogP contribution >= 0.6 is 11.3 Å². The number of ether oxygens (including phenoxy) is 1. The van der Waals surface area contributed by atoms with Gasteiger partial charge in [0.1, 0.15) is 11.4 Å². The Kier molecular flexibility index (Phi) is 6.37. The molecule has 1 atom stereocenters. The molecule has 31 heavy (non-hydrogen) atoms. The monoisotopic (exact) mass is 440 g/mol. The summed E-state index contributed by atoms with van der Waals surface area (Å²) in [4.78, 5) is 30.6. The van der Waals surface area contributed by atoms with E-state index >= 15 is 0 Å². The molecular weight excluding hydrogens is 408 g/mol. The number of hydrogen-bond acceptors (Lipinski definition) is 4. The minimum Gasteiger partial charge on any atom is -0.487 e. The van der Waals surface area contributed by atoms with Crippen LogP contribution in [-0.4, -0.2) is 53.4 Å². The van der Waals surface area contributed by atoms with E-state index in [-0.39, 0.29) is 23.3 Å². The molecule has 2 amide bonds. The third-order valence-corrected chi connectivity index (χ3v) is 7.86. The van der Waals surface area contributed by atoms with Gasteiger partial charge in [-0.05, 0) is 55.8 Å². The Balaban J connectivity index is 1.50. The first-order chi connectivity index (χ1) is 15.0. The third kappa shape index (κ3) is 4.36. The lowest BCUT2D eigenvalue weighted by Crippen LogP contribution is -2.52. The summed E-state index contributed by atoms with van der Waals surface area (Å²) in [6.07, 6.45) is 2.94. The fraction of sp³-hybridized carbons (Fsp3) is 0.520. The van der Waals surface area contributed by atoms with Crippen molar-refractivity contribution in [3.8, 4) is 5.75 Å². The Hall–Kier alpha value is -2.34. The average molecular weight is 441 g/mol. The summed E-state index contributed by atoms with van der Waals surface area (Å²) in [5, 5.41) is 1.98. The molecule has 166 valence electrons. The van der Waals surface area contributed by atoms with Gasteiger partial charge in [-0.1, -0.05) is 18.2 Å². The van der Waals surface area contributed by atoms with Crippen LogP contribution in [0.15, 0.2) is 35.7 Å². The molecule has 5 nitrogen and oxygen atoms in total. The molecule has 2 aliphatic rings. The zero-order valence-corrected chi connectivity index (χ0v) is 19.5. The number of fused-ring (bicyclic) bond motifs is 1. The van der Waals surface area contributed by atoms with Crippen molar-refractivity contribution in [3.05, 3.63) is 51.7 Å². The Morgan fingerprint density at radius 1 is 1.16 bits per heavy atom. The number of benzene rings is 1. The molecule has 1 aromatic carbocycles. The van der Waals surface area contributed by atoms with Gasteiger partial charge in [-0.2, -0.15) is 0 Å². The van der Waals surface area contributed by atoms with E-state index in [1.54, 1.807) is 0 Å². The maximum Gasteiger partial charge on any atom is 0.264 e. The summed E-state index contributed by atoms with van der Waals surface area (Å²) in [7, 11) is 0. The third-order valence-electron chi connectivity index (χ3n) is 6.86. The Morgan fingerprint density at radius 3 is 2.52 bits per heavy atom. The topological polar surface area (TPSA) is 49.9 Å². The molecule has 0 unspecified atom stereocenters. The number of likely N-dealkylation sites (tertiary alicyclic amines) is 1. The molecule has 1 fully saturated rings. The molecule has 0 saturated carbocycles. The summed E-state index contributed by atoms with van der Waals surface area (Å²) in [6, 6.07) is 10.2. The summed E-state index contributed by atoms with van der Waals surface area (Å²) in [5.41, 5.74) is 1.89. The molecular formula is C25H32N2O3S. The SMILES string of the molecule is CCN(CC)C(=O)C[C@@H]1CC2(CCN(C(=O)c3sccc3C)CC2)Oc2ccccc21. The number of thiophene rings is 1. The van der Waals surface area contributed by atoms with Crippen LogP contribution in [0.2, 0.25) is 0 Å². The van der Waals surface area contributed by atoms with Crippen LogP contribution in [0.25, 0.3) is 0 Å². The van der Waals surface area contributed by atoms with E-state index in [2.05, 4.69) is 6.07 Å². The van der Waals surface area contributed by atoms with Crippen molar-refractivity contribution < 1.29 is 14.3 Å². The van der Waals surface area contributed by atoms with Gasteiger partial charge < -0.3 is 14.5 Å². The van der Waals surface area contributed by atoms with Crippen molar-refractivity contribution >= 4 is 23.2 Å². The van der Waals surface area contributed by atoms with Crippen molar-refractivity contribution in [1.82, 2.24) is 9.80 Å². The highest BCUT2D eigenvalue weighted by Crippen LogP contribution is 2.46. The smallest absolute Gasteiger partial charge is 0.264 e. The molecule has 1 spiro atoms. The highest BCUT2D eigenvalue weighted by Gasteiger charge is 2.44. The van der Waals surface area contributed by atoms with Gasteiger partial charge in [0.25, 0.3) is 5.91 Å². The quantitative estimate of drug-likeness (QED) is 0.667. The average Bonchev–Trinajstić information content (AvgIpc) is 3.20. The number of nitrogens with zero attached hydrogens (tertiary/aromatic N) is 2. The predicted molar refractivity (Wildman–Crippen MR) is 124 cm³/mol. The van der Waals surface area contributed by atoms with Gasteiger partial charge in [-0.25, -0.2) is 0 Å². The zero-order chi connectivity index (χ0) is 22.0. The van der Waals surface area contributed by atoms with E-state index in [0.717, 1.165) is 54.1 Å². The van der Waals surface area contributed by atoms with Gasteiger partial charge >= 0.3 is 0 Å². The van der Waals surface area contributed by atoms with Crippen LogP contribution in [0.3, 0.4) is 0 Å². The van der Waals surface area contributed by atoms with Crippen molar-refractivity contribution in [1.29, 1.82) is 0 Å². The van der Waals surface area contributed by atoms with Crippen molar-refractivity contribution in [2.24, 2.45) is 0 Å². The summed E-state index contributed by atoms with van der Waals surface area (Å²) in [6.45, 7) is 8.92. The first kappa shape index (κ1) is 21.9. The number of hydrogen-bond donors (Lipinski definition) is 0. The summed E-state index contributed by atoms with van der Waals surface area (Å²) >= 11 is 1.52. The van der Waals surface area contributed by atoms with Crippen molar-refractivity contribution in [2.45, 2.75) is 58.0 Å². The molecule has 0 N–H and O–H groups in total. The van der Waals surface area contributed by atoms with E-state index in [9.17, 15) is 9.59 Å². The van der Waals surface area contributed by atoms with Gasteiger partial charge in [-0.15, -0.1) is 11.3 Å².